The molecule has 236 valence electrons. The van der Waals surface area contributed by atoms with Gasteiger partial charge in [-0.25, -0.2) is 0 Å². The lowest BCUT2D eigenvalue weighted by atomic mass is 9.70. The summed E-state index contributed by atoms with van der Waals surface area (Å²) in [6.45, 7) is 2.47. The number of rotatable bonds is 5. The van der Waals surface area contributed by atoms with Gasteiger partial charge in [0.25, 0.3) is 0 Å². The van der Waals surface area contributed by atoms with Gasteiger partial charge in [-0.1, -0.05) is 134 Å². The average molecular weight is 623 g/mol. The second kappa shape index (κ2) is 12.2. The van der Waals surface area contributed by atoms with E-state index >= 15 is 0 Å². The number of nitrogens with zero attached hydrogens (tertiary/aromatic N) is 1. The first kappa shape index (κ1) is 29.1. The molecule has 5 aromatic rings. The van der Waals surface area contributed by atoms with Crippen LogP contribution in [0.4, 0.5) is 17.1 Å². The largest absolute Gasteiger partial charge is 0.363 e. The van der Waals surface area contributed by atoms with Gasteiger partial charge in [0.2, 0.25) is 0 Å². The molecule has 48 heavy (non-hydrogen) atoms. The Balaban J connectivity index is 1.09. The molecule has 4 unspecified atom stereocenters. The van der Waals surface area contributed by atoms with Gasteiger partial charge in [0.1, 0.15) is 6.17 Å². The molecule has 0 saturated carbocycles. The molecule has 4 aliphatic rings. The highest BCUT2D eigenvalue weighted by Gasteiger charge is 2.39. The third kappa shape index (κ3) is 4.94. The van der Waals surface area contributed by atoms with Crippen LogP contribution in [-0.2, 0) is 6.42 Å². The zero-order valence-electron chi connectivity index (χ0n) is 27.6. The van der Waals surface area contributed by atoms with E-state index in [1.807, 2.05) is 0 Å². The fourth-order valence-electron chi connectivity index (χ4n) is 9.03. The van der Waals surface area contributed by atoms with Crippen molar-refractivity contribution in [3.63, 3.8) is 0 Å². The molecule has 0 fully saturated rings. The minimum atomic E-state index is 0.240. The number of fused-ring (bicyclic) bond motifs is 3. The summed E-state index contributed by atoms with van der Waals surface area (Å²) in [5.41, 5.74) is 13.8. The van der Waals surface area contributed by atoms with Crippen molar-refractivity contribution in [2.24, 2.45) is 17.8 Å². The van der Waals surface area contributed by atoms with E-state index in [9.17, 15) is 0 Å². The van der Waals surface area contributed by atoms with Gasteiger partial charge in [-0.2, -0.15) is 0 Å². The Morgan fingerprint density at radius 3 is 2.21 bits per heavy atom. The Kier molecular flexibility index (Phi) is 7.38. The van der Waals surface area contributed by atoms with Gasteiger partial charge in [0.15, 0.2) is 0 Å². The molecule has 0 aromatic heterocycles. The first-order chi connectivity index (χ1) is 23.7. The van der Waals surface area contributed by atoms with Gasteiger partial charge in [0, 0.05) is 17.5 Å². The van der Waals surface area contributed by atoms with E-state index in [1.54, 1.807) is 5.57 Å². The highest BCUT2D eigenvalue weighted by Crippen LogP contribution is 2.49. The standard InChI is InChI=1S/C46H42N2/c1-31-29-35(46-47-42-23-13-14-24-43(42)48(46)36-19-9-4-10-20-36)26-27-37(31)34-25-28-40-41(30-34)45(33-17-7-3-8-18-33)39-22-12-11-21-38(39)44(40)32-15-5-2-6-16-32/h2,4-7,9-25,27-28,31,34-35,46-47H,3,8,26,29-30H2,1H3. The van der Waals surface area contributed by atoms with Gasteiger partial charge in [-0.3, -0.25) is 0 Å². The van der Waals surface area contributed by atoms with E-state index in [0.717, 1.165) is 25.7 Å². The van der Waals surface area contributed by atoms with Crippen molar-refractivity contribution in [1.82, 2.24) is 0 Å². The fourth-order valence-corrected chi connectivity index (χ4v) is 9.03. The summed E-state index contributed by atoms with van der Waals surface area (Å²) in [7, 11) is 0. The van der Waals surface area contributed by atoms with Crippen LogP contribution < -0.4 is 10.2 Å². The average Bonchev–Trinajstić information content (AvgIpc) is 3.54. The molecule has 1 aliphatic heterocycles. The number of allylic oxidation sites excluding steroid dienone is 7. The molecule has 0 radical (unpaired) electrons. The SMILES string of the molecule is CC1CC(C2Nc3ccccc3N2c2ccccc2)CC=C1C1C=Cc2c(c(C3=CCCC=C3)c3ccccc3c2-c2ccccc2)C1. The normalized spacial score (nSPS) is 22.9. The van der Waals surface area contributed by atoms with E-state index < -0.39 is 0 Å². The molecule has 0 bridgehead atoms. The highest BCUT2D eigenvalue weighted by atomic mass is 15.3. The minimum absolute atomic E-state index is 0.240. The van der Waals surface area contributed by atoms with Crippen molar-refractivity contribution in [3.05, 3.63) is 162 Å². The summed E-state index contributed by atoms with van der Waals surface area (Å²) < 4.78 is 0. The summed E-state index contributed by atoms with van der Waals surface area (Å²) in [4.78, 5) is 2.54. The smallest absolute Gasteiger partial charge is 0.107 e. The molecule has 2 nitrogen and oxygen atoms in total. The van der Waals surface area contributed by atoms with Crippen molar-refractivity contribution in [2.75, 3.05) is 10.2 Å². The van der Waals surface area contributed by atoms with E-state index in [1.165, 1.54) is 67.6 Å². The number of para-hydroxylation sites is 3. The topological polar surface area (TPSA) is 15.3 Å². The Morgan fingerprint density at radius 2 is 1.44 bits per heavy atom. The second-order valence-corrected chi connectivity index (χ2v) is 14.0. The molecule has 4 atom stereocenters. The Bertz CT molecular complexity index is 2120. The second-order valence-electron chi connectivity index (χ2n) is 14.0. The van der Waals surface area contributed by atoms with Crippen LogP contribution in [0.15, 0.2) is 145 Å². The number of hydrogen-bond acceptors (Lipinski definition) is 2. The molecule has 1 N–H and O–H groups in total. The molecule has 0 spiro atoms. The molecule has 2 heteroatoms. The van der Waals surface area contributed by atoms with Crippen LogP contribution in [0.2, 0.25) is 0 Å². The summed E-state index contributed by atoms with van der Waals surface area (Å²) in [6.07, 6.45) is 20.6. The van der Waals surface area contributed by atoms with Crippen molar-refractivity contribution in [1.29, 1.82) is 0 Å². The maximum absolute atomic E-state index is 3.93. The molecular weight excluding hydrogens is 581 g/mol. The van der Waals surface area contributed by atoms with Crippen LogP contribution in [0, 0.1) is 17.8 Å². The van der Waals surface area contributed by atoms with Crippen LogP contribution in [0.5, 0.6) is 0 Å². The quantitative estimate of drug-likeness (QED) is 0.196. The maximum atomic E-state index is 3.93. The monoisotopic (exact) mass is 622 g/mol. The van der Waals surface area contributed by atoms with E-state index in [4.69, 9.17) is 0 Å². The molecule has 1 heterocycles. The van der Waals surface area contributed by atoms with Crippen molar-refractivity contribution < 1.29 is 0 Å². The van der Waals surface area contributed by atoms with Crippen LogP contribution in [-0.4, -0.2) is 6.17 Å². The number of anilines is 3. The fraction of sp³-hybridized carbons (Fsp3) is 0.217. The Labute approximate surface area is 284 Å². The van der Waals surface area contributed by atoms with E-state index in [-0.39, 0.29) is 6.17 Å². The van der Waals surface area contributed by atoms with Gasteiger partial charge in [0.05, 0.1) is 11.4 Å². The zero-order valence-corrected chi connectivity index (χ0v) is 27.6. The van der Waals surface area contributed by atoms with Crippen LogP contribution >= 0.6 is 0 Å². The maximum Gasteiger partial charge on any atom is 0.107 e. The number of benzene rings is 5. The molecule has 9 rings (SSSR count). The van der Waals surface area contributed by atoms with Crippen LogP contribution in [0.1, 0.15) is 49.3 Å². The van der Waals surface area contributed by atoms with Crippen molar-refractivity contribution in [2.45, 2.75) is 45.2 Å². The lowest BCUT2D eigenvalue weighted by molar-refractivity contribution is 0.346. The predicted molar refractivity (Wildman–Crippen MR) is 204 cm³/mol. The first-order valence-corrected chi connectivity index (χ1v) is 17.8. The summed E-state index contributed by atoms with van der Waals surface area (Å²) in [5.74, 6) is 1.43. The third-order valence-electron chi connectivity index (χ3n) is 11.2. The zero-order chi connectivity index (χ0) is 32.0. The summed E-state index contributed by atoms with van der Waals surface area (Å²) in [6, 6.07) is 39.8. The van der Waals surface area contributed by atoms with Crippen molar-refractivity contribution >= 4 is 39.5 Å². The lowest BCUT2D eigenvalue weighted by Crippen LogP contribution is -2.41. The minimum Gasteiger partial charge on any atom is -0.363 e. The number of hydrogen-bond donors (Lipinski definition) is 1. The van der Waals surface area contributed by atoms with E-state index in [2.05, 4.69) is 163 Å². The van der Waals surface area contributed by atoms with Gasteiger partial charge < -0.3 is 10.2 Å². The Morgan fingerprint density at radius 1 is 0.708 bits per heavy atom. The highest BCUT2D eigenvalue weighted by molar-refractivity contribution is 6.08. The molecule has 5 aromatic carbocycles. The molecule has 0 amide bonds. The van der Waals surface area contributed by atoms with Gasteiger partial charge in [-0.15, -0.1) is 0 Å². The summed E-state index contributed by atoms with van der Waals surface area (Å²) in [5, 5.41) is 6.66. The van der Waals surface area contributed by atoms with Crippen LogP contribution in [0.3, 0.4) is 0 Å². The van der Waals surface area contributed by atoms with Gasteiger partial charge in [-0.05, 0) is 106 Å². The first-order valence-electron chi connectivity index (χ1n) is 17.8. The Hall–Kier alpha value is -5.08. The molecular formula is C46H42N2. The third-order valence-corrected chi connectivity index (χ3v) is 11.2. The molecule has 3 aliphatic carbocycles. The molecule has 0 saturated heterocycles. The van der Waals surface area contributed by atoms with Crippen LogP contribution in [0.25, 0.3) is 33.5 Å². The predicted octanol–water partition coefficient (Wildman–Crippen LogP) is 12.0. The number of nitrogens with one attached hydrogen (secondary N) is 1. The summed E-state index contributed by atoms with van der Waals surface area (Å²) >= 11 is 0. The van der Waals surface area contributed by atoms with E-state index in [0.29, 0.717) is 17.8 Å². The van der Waals surface area contributed by atoms with Crippen molar-refractivity contribution in [3.8, 4) is 11.1 Å². The van der Waals surface area contributed by atoms with Gasteiger partial charge >= 0.3 is 0 Å². The lowest BCUT2D eigenvalue weighted by Gasteiger charge is -2.39.